The lowest BCUT2D eigenvalue weighted by Gasteiger charge is -2.58. The van der Waals surface area contributed by atoms with E-state index in [-0.39, 0.29) is 12.2 Å². The minimum atomic E-state index is -0.111. The van der Waals surface area contributed by atoms with Crippen LogP contribution in [0, 0.1) is 34.5 Å². The van der Waals surface area contributed by atoms with Crippen molar-refractivity contribution in [3.8, 4) is 0 Å². The van der Waals surface area contributed by atoms with E-state index < -0.39 is 0 Å². The normalized spacial score (nSPS) is 50.3. The zero-order valence-electron chi connectivity index (χ0n) is 17.8. The van der Waals surface area contributed by atoms with Crippen LogP contribution in [0.2, 0.25) is 0 Å². The molecule has 4 nitrogen and oxygen atoms in total. The van der Waals surface area contributed by atoms with Gasteiger partial charge in [-0.15, -0.1) is 0 Å². The molecule has 28 heavy (non-hydrogen) atoms. The summed E-state index contributed by atoms with van der Waals surface area (Å²) in [5.74, 6) is 2.97. The maximum absolute atomic E-state index is 10.2. The number of aliphatic hydroxyl groups excluding tert-OH is 1. The van der Waals surface area contributed by atoms with Gasteiger partial charge in [0.1, 0.15) is 12.7 Å². The topological polar surface area (TPSA) is 54.3 Å². The summed E-state index contributed by atoms with van der Waals surface area (Å²) in [6, 6.07) is 0. The largest absolute Gasteiger partial charge is 0.393 e. The van der Waals surface area contributed by atoms with Crippen LogP contribution < -0.4 is 0 Å². The molecule has 1 aliphatic heterocycles. The Hall–Kier alpha value is -0.870. The van der Waals surface area contributed by atoms with Crippen LogP contribution in [0.15, 0.2) is 16.8 Å². The number of epoxide rings is 1. The molecule has 4 fully saturated rings. The Morgan fingerprint density at radius 3 is 2.82 bits per heavy atom. The number of oxime groups is 1. The molecule has 4 aliphatic carbocycles. The van der Waals surface area contributed by atoms with Crippen LogP contribution in [-0.2, 0) is 9.57 Å². The average Bonchev–Trinajstić information content (AvgIpc) is 3.41. The number of rotatable bonds is 4. The van der Waals surface area contributed by atoms with Crippen LogP contribution in [0.4, 0.5) is 0 Å². The number of ether oxygens (including phenoxy) is 1. The summed E-state index contributed by atoms with van der Waals surface area (Å²) in [5.41, 5.74) is 3.46. The van der Waals surface area contributed by atoms with Crippen LogP contribution in [0.25, 0.3) is 0 Å². The Bertz CT molecular complexity index is 683. The summed E-state index contributed by atoms with van der Waals surface area (Å²) >= 11 is 0. The highest BCUT2D eigenvalue weighted by Gasteiger charge is 2.59. The molecule has 1 heterocycles. The van der Waals surface area contributed by atoms with Gasteiger partial charge < -0.3 is 14.7 Å². The van der Waals surface area contributed by atoms with Crippen molar-refractivity contribution in [2.24, 2.45) is 39.7 Å². The van der Waals surface area contributed by atoms with Gasteiger partial charge in [-0.3, -0.25) is 0 Å². The fraction of sp³-hybridized carbons (Fsp3) is 0.875. The third kappa shape index (κ3) is 2.98. The molecule has 0 aromatic rings. The van der Waals surface area contributed by atoms with Crippen LogP contribution in [0.3, 0.4) is 0 Å². The van der Waals surface area contributed by atoms with Gasteiger partial charge in [0.05, 0.1) is 18.4 Å². The molecule has 0 radical (unpaired) electrons. The van der Waals surface area contributed by atoms with Gasteiger partial charge in [-0.05, 0) is 86.9 Å². The molecule has 1 N–H and O–H groups in total. The first-order valence-corrected chi connectivity index (χ1v) is 11.6. The second kappa shape index (κ2) is 6.84. The highest BCUT2D eigenvalue weighted by atomic mass is 16.7. The predicted molar refractivity (Wildman–Crippen MR) is 110 cm³/mol. The number of hydrogen-bond donors (Lipinski definition) is 1. The summed E-state index contributed by atoms with van der Waals surface area (Å²) in [6.07, 6.45) is 12.2. The smallest absolute Gasteiger partial charge is 0.145 e. The molecular formula is C24H37NO3. The molecule has 5 rings (SSSR count). The van der Waals surface area contributed by atoms with Crippen molar-refractivity contribution in [1.82, 2.24) is 0 Å². The Morgan fingerprint density at radius 1 is 1.21 bits per heavy atom. The monoisotopic (exact) mass is 387 g/mol. The van der Waals surface area contributed by atoms with E-state index in [1.54, 1.807) is 5.57 Å². The number of aliphatic hydroxyl groups is 1. The molecule has 4 heteroatoms. The fourth-order valence-electron chi connectivity index (χ4n) is 7.78. The van der Waals surface area contributed by atoms with E-state index in [2.05, 4.69) is 32.0 Å². The molecular weight excluding hydrogens is 350 g/mol. The molecule has 2 unspecified atom stereocenters. The Kier molecular flexibility index (Phi) is 4.67. The SMILES string of the molecule is CC(=NOCC1CO1)[C@H]1CC[C@H]2[C@@H]3CC=C4CC(O)CC[C@]4(C)[C@H]3CC[C@]12C. The molecule has 8 atom stereocenters. The number of allylic oxidation sites excluding steroid dienone is 1. The summed E-state index contributed by atoms with van der Waals surface area (Å²) < 4.78 is 5.22. The molecule has 1 saturated heterocycles. The van der Waals surface area contributed by atoms with Gasteiger partial charge >= 0.3 is 0 Å². The van der Waals surface area contributed by atoms with E-state index in [4.69, 9.17) is 9.57 Å². The summed E-state index contributed by atoms with van der Waals surface area (Å²) in [6.45, 7) is 8.66. The van der Waals surface area contributed by atoms with Crippen LogP contribution >= 0.6 is 0 Å². The summed E-state index contributed by atoms with van der Waals surface area (Å²) in [5, 5.41) is 14.7. The summed E-state index contributed by atoms with van der Waals surface area (Å²) in [4.78, 5) is 5.59. The second-order valence-corrected chi connectivity index (χ2v) is 10.8. The van der Waals surface area contributed by atoms with E-state index >= 15 is 0 Å². The number of fused-ring (bicyclic) bond motifs is 5. The van der Waals surface area contributed by atoms with Crippen molar-refractivity contribution in [2.45, 2.75) is 84.3 Å². The lowest BCUT2D eigenvalue weighted by atomic mass is 9.47. The fourth-order valence-corrected chi connectivity index (χ4v) is 7.78. The molecule has 156 valence electrons. The molecule has 0 aromatic carbocycles. The van der Waals surface area contributed by atoms with E-state index in [1.807, 2.05) is 0 Å². The Morgan fingerprint density at radius 2 is 2.04 bits per heavy atom. The van der Waals surface area contributed by atoms with Gasteiger partial charge in [-0.2, -0.15) is 0 Å². The van der Waals surface area contributed by atoms with E-state index in [0.29, 0.717) is 23.4 Å². The zero-order chi connectivity index (χ0) is 19.5. The van der Waals surface area contributed by atoms with Gasteiger partial charge in [-0.25, -0.2) is 0 Å². The minimum Gasteiger partial charge on any atom is -0.393 e. The van der Waals surface area contributed by atoms with Gasteiger partial charge in [0.25, 0.3) is 0 Å². The predicted octanol–water partition coefficient (Wildman–Crippen LogP) is 4.72. The highest BCUT2D eigenvalue weighted by molar-refractivity contribution is 5.85. The summed E-state index contributed by atoms with van der Waals surface area (Å²) in [7, 11) is 0. The van der Waals surface area contributed by atoms with Gasteiger partial charge in [-0.1, -0.05) is 30.7 Å². The van der Waals surface area contributed by atoms with E-state index in [0.717, 1.165) is 37.2 Å². The van der Waals surface area contributed by atoms with Crippen molar-refractivity contribution in [2.75, 3.05) is 13.2 Å². The van der Waals surface area contributed by atoms with Crippen molar-refractivity contribution < 1.29 is 14.7 Å². The van der Waals surface area contributed by atoms with Gasteiger partial charge in [0.2, 0.25) is 0 Å². The van der Waals surface area contributed by atoms with Crippen LogP contribution in [0.5, 0.6) is 0 Å². The van der Waals surface area contributed by atoms with Gasteiger partial charge in [0, 0.05) is 5.92 Å². The number of nitrogens with zero attached hydrogens (tertiary/aromatic N) is 1. The standard InChI is InChI=1S/C24H37NO3/c1-15(25-28-14-18-13-27-18)20-6-7-21-19-5-4-16-12-17(26)8-10-23(16,2)22(19)9-11-24(20,21)3/h4,17-22,26H,5-14H2,1-3H3/t17?,18?,19-,20+,21-,22-,23-,24+/m0/s1. The van der Waals surface area contributed by atoms with E-state index in [1.165, 1.54) is 44.2 Å². The lowest BCUT2D eigenvalue weighted by molar-refractivity contribution is -0.0427. The van der Waals surface area contributed by atoms with Gasteiger partial charge in [0.15, 0.2) is 0 Å². The van der Waals surface area contributed by atoms with Crippen LogP contribution in [0.1, 0.15) is 72.1 Å². The van der Waals surface area contributed by atoms with Crippen molar-refractivity contribution in [3.63, 3.8) is 0 Å². The molecule has 0 aromatic heterocycles. The molecule has 3 saturated carbocycles. The average molecular weight is 388 g/mol. The quantitative estimate of drug-likeness (QED) is 0.329. The first-order valence-electron chi connectivity index (χ1n) is 11.6. The molecule has 5 aliphatic rings. The molecule has 0 bridgehead atoms. The Balaban J connectivity index is 1.35. The maximum Gasteiger partial charge on any atom is 0.145 e. The Labute approximate surface area is 169 Å². The first-order chi connectivity index (χ1) is 13.4. The number of hydrogen-bond acceptors (Lipinski definition) is 4. The maximum atomic E-state index is 10.2. The van der Waals surface area contributed by atoms with Crippen molar-refractivity contribution in [3.05, 3.63) is 11.6 Å². The zero-order valence-corrected chi connectivity index (χ0v) is 17.8. The second-order valence-electron chi connectivity index (χ2n) is 10.8. The van der Waals surface area contributed by atoms with E-state index in [9.17, 15) is 5.11 Å². The van der Waals surface area contributed by atoms with Crippen LogP contribution in [-0.4, -0.2) is 36.2 Å². The molecule has 0 spiro atoms. The molecule has 0 amide bonds. The lowest BCUT2D eigenvalue weighted by Crippen LogP contribution is -2.50. The first kappa shape index (κ1) is 19.1. The van der Waals surface area contributed by atoms with Crippen molar-refractivity contribution >= 4 is 5.71 Å². The third-order valence-electron chi connectivity index (χ3n) is 9.45. The van der Waals surface area contributed by atoms with Crippen molar-refractivity contribution in [1.29, 1.82) is 0 Å². The highest BCUT2D eigenvalue weighted by Crippen LogP contribution is 2.66. The third-order valence-corrected chi connectivity index (χ3v) is 9.45. The minimum absolute atomic E-state index is 0.111.